The fourth-order valence-corrected chi connectivity index (χ4v) is 7.83. The van der Waals surface area contributed by atoms with Crippen LogP contribution < -0.4 is 5.32 Å². The average Bonchev–Trinajstić information content (AvgIpc) is 3.35. The summed E-state index contributed by atoms with van der Waals surface area (Å²) in [6, 6.07) is 5.87. The average molecular weight is 619 g/mol. The van der Waals surface area contributed by atoms with Crippen molar-refractivity contribution in [3.05, 3.63) is 28.2 Å². The van der Waals surface area contributed by atoms with Crippen LogP contribution in [0.15, 0.2) is 22.7 Å². The van der Waals surface area contributed by atoms with Crippen molar-refractivity contribution in [2.24, 2.45) is 23.7 Å². The lowest BCUT2D eigenvalue weighted by Crippen LogP contribution is -2.37. The Morgan fingerprint density at radius 2 is 1.71 bits per heavy atom. The number of aryl methyl sites for hydroxylation is 1. The number of anilines is 1. The molecule has 3 fully saturated rings. The monoisotopic (exact) mass is 616 g/mol. The van der Waals surface area contributed by atoms with Crippen molar-refractivity contribution < 1.29 is 14.4 Å². The van der Waals surface area contributed by atoms with E-state index in [9.17, 15) is 14.4 Å². The molecule has 0 unspecified atom stereocenters. The first-order chi connectivity index (χ1) is 14.8. The molecule has 1 aromatic carbocycles. The van der Waals surface area contributed by atoms with E-state index in [2.05, 4.69) is 60.0 Å². The molecule has 2 saturated carbocycles. The molecule has 3 amide bonds. The van der Waals surface area contributed by atoms with Crippen molar-refractivity contribution in [2.75, 3.05) is 11.9 Å². The first kappa shape index (κ1) is 23.4. The van der Waals surface area contributed by atoms with Crippen molar-refractivity contribution in [2.45, 2.75) is 55.1 Å². The topological polar surface area (TPSA) is 66.5 Å². The van der Waals surface area contributed by atoms with E-state index in [1.165, 1.54) is 4.90 Å². The summed E-state index contributed by atoms with van der Waals surface area (Å²) in [6.45, 7) is 2.53. The van der Waals surface area contributed by atoms with E-state index in [0.29, 0.717) is 13.0 Å². The van der Waals surface area contributed by atoms with Gasteiger partial charge in [0, 0.05) is 32.8 Å². The second-order valence-electron chi connectivity index (χ2n) is 8.85. The van der Waals surface area contributed by atoms with E-state index < -0.39 is 0 Å². The zero-order chi connectivity index (χ0) is 22.3. The van der Waals surface area contributed by atoms with Gasteiger partial charge in [0.1, 0.15) is 0 Å². The van der Waals surface area contributed by atoms with Gasteiger partial charge in [-0.15, -0.1) is 0 Å². The molecular formula is C23H27Br3N2O3. The third kappa shape index (κ3) is 4.41. The van der Waals surface area contributed by atoms with Crippen molar-refractivity contribution in [1.29, 1.82) is 0 Å². The zero-order valence-corrected chi connectivity index (χ0v) is 22.2. The van der Waals surface area contributed by atoms with Crippen LogP contribution in [0.25, 0.3) is 0 Å². The number of carbonyl (C=O) groups is 3. The third-order valence-corrected chi connectivity index (χ3v) is 10.8. The van der Waals surface area contributed by atoms with Crippen LogP contribution >= 0.6 is 47.8 Å². The molecule has 1 N–H and O–H groups in total. The maximum Gasteiger partial charge on any atom is 0.233 e. The largest absolute Gasteiger partial charge is 0.326 e. The van der Waals surface area contributed by atoms with E-state index in [-0.39, 0.29) is 51.0 Å². The highest BCUT2D eigenvalue weighted by molar-refractivity contribution is 9.12. The maximum atomic E-state index is 12.9. The molecule has 2 bridgehead atoms. The number of fused-ring (bicyclic) bond motifs is 5. The predicted octanol–water partition coefficient (Wildman–Crippen LogP) is 5.29. The maximum absolute atomic E-state index is 12.9. The Balaban J connectivity index is 1.22. The highest BCUT2D eigenvalue weighted by atomic mass is 79.9. The van der Waals surface area contributed by atoms with Crippen LogP contribution in [-0.4, -0.2) is 38.8 Å². The fraction of sp³-hybridized carbons (Fsp3) is 0.609. The minimum absolute atomic E-state index is 0.00294. The lowest BCUT2D eigenvalue weighted by molar-refractivity contribution is -0.140. The Bertz CT molecular complexity index is 861. The van der Waals surface area contributed by atoms with Crippen LogP contribution in [0.5, 0.6) is 0 Å². The summed E-state index contributed by atoms with van der Waals surface area (Å²) >= 11 is 10.9. The molecule has 0 aromatic heterocycles. The second kappa shape index (κ2) is 9.64. The number of unbranched alkanes of at least 4 members (excludes halogenated alkanes) is 2. The van der Waals surface area contributed by atoms with Crippen molar-refractivity contribution in [3.8, 4) is 0 Å². The minimum Gasteiger partial charge on any atom is -0.326 e. The first-order valence-corrected chi connectivity index (χ1v) is 13.7. The number of likely N-dealkylation sites (tertiary alicyclic amines) is 1. The van der Waals surface area contributed by atoms with Crippen LogP contribution in [0.3, 0.4) is 0 Å². The minimum atomic E-state index is -0.139. The molecule has 31 heavy (non-hydrogen) atoms. The fourth-order valence-electron chi connectivity index (χ4n) is 5.55. The Kier molecular flexibility index (Phi) is 7.28. The number of nitrogens with zero attached hydrogens (tertiary/aromatic N) is 1. The normalized spacial score (nSPS) is 31.4. The van der Waals surface area contributed by atoms with Gasteiger partial charge in [-0.05, 0) is 61.3 Å². The Morgan fingerprint density at radius 1 is 1.06 bits per heavy atom. The van der Waals surface area contributed by atoms with Crippen LogP contribution in [0.1, 0.15) is 44.6 Å². The lowest BCUT2D eigenvalue weighted by atomic mass is 9.81. The molecule has 1 aromatic rings. The predicted molar refractivity (Wildman–Crippen MR) is 131 cm³/mol. The van der Waals surface area contributed by atoms with Crippen LogP contribution in [0.2, 0.25) is 0 Å². The summed E-state index contributed by atoms with van der Waals surface area (Å²) in [5, 5.41) is 3.00. The Hall–Kier alpha value is -0.730. The quantitative estimate of drug-likeness (QED) is 0.245. The second-order valence-corrected chi connectivity index (χ2v) is 11.9. The van der Waals surface area contributed by atoms with Gasteiger partial charge < -0.3 is 5.32 Å². The van der Waals surface area contributed by atoms with E-state index >= 15 is 0 Å². The summed E-state index contributed by atoms with van der Waals surface area (Å²) in [5.41, 5.74) is 1.96. The lowest BCUT2D eigenvalue weighted by Gasteiger charge is -2.28. The molecule has 1 saturated heterocycles. The molecule has 0 spiro atoms. The van der Waals surface area contributed by atoms with E-state index in [1.54, 1.807) is 0 Å². The highest BCUT2D eigenvalue weighted by Crippen LogP contribution is 2.60. The number of hydrogen-bond acceptors (Lipinski definition) is 3. The summed E-state index contributed by atoms with van der Waals surface area (Å²) in [4.78, 5) is 40.1. The van der Waals surface area contributed by atoms with Crippen LogP contribution in [0.4, 0.5) is 5.69 Å². The highest BCUT2D eigenvalue weighted by Gasteiger charge is 2.66. The number of benzene rings is 1. The van der Waals surface area contributed by atoms with Crippen molar-refractivity contribution >= 4 is 71.2 Å². The summed E-state index contributed by atoms with van der Waals surface area (Å²) in [5.74, 6) is 0.286. The number of rotatable bonds is 8. The molecule has 2 aliphatic carbocycles. The van der Waals surface area contributed by atoms with Crippen molar-refractivity contribution in [3.63, 3.8) is 0 Å². The first-order valence-electron chi connectivity index (χ1n) is 11.0. The number of alkyl halides is 2. The van der Waals surface area contributed by atoms with Gasteiger partial charge in [-0.3, -0.25) is 19.3 Å². The summed E-state index contributed by atoms with van der Waals surface area (Å²) in [6.07, 6.45) is 4.55. The van der Waals surface area contributed by atoms with Crippen LogP contribution in [0, 0.1) is 23.7 Å². The molecule has 1 aliphatic heterocycles. The number of halogens is 3. The number of hydrogen-bond donors (Lipinski definition) is 1. The SMILES string of the molecule is CCc1cc(Br)ccc1NC(=O)CCCCCN1C(=O)[C@H]2[C@@H]3C[C@H]([C@@H](Br)[C@H]3Br)[C@@H]2C1=O. The molecule has 4 rings (SSSR count). The molecule has 3 aliphatic rings. The van der Waals surface area contributed by atoms with Crippen molar-refractivity contribution in [1.82, 2.24) is 4.90 Å². The molecule has 6 atom stereocenters. The van der Waals surface area contributed by atoms with Gasteiger partial charge in [-0.1, -0.05) is 61.1 Å². The van der Waals surface area contributed by atoms with Gasteiger partial charge in [0.05, 0.1) is 11.8 Å². The molecule has 1 heterocycles. The summed E-state index contributed by atoms with van der Waals surface area (Å²) in [7, 11) is 0. The molecule has 8 heteroatoms. The molecule has 0 radical (unpaired) electrons. The third-order valence-electron chi connectivity index (χ3n) is 7.09. The van der Waals surface area contributed by atoms with E-state index in [1.807, 2.05) is 18.2 Å². The zero-order valence-electron chi connectivity index (χ0n) is 17.5. The summed E-state index contributed by atoms with van der Waals surface area (Å²) < 4.78 is 1.00. The van der Waals surface area contributed by atoms with E-state index in [4.69, 9.17) is 0 Å². The Labute approximate surface area is 208 Å². The van der Waals surface area contributed by atoms with Gasteiger partial charge >= 0.3 is 0 Å². The number of carbonyl (C=O) groups excluding carboxylic acids is 3. The number of nitrogens with one attached hydrogen (secondary N) is 1. The van der Waals surface area contributed by atoms with Gasteiger partial charge in [0.2, 0.25) is 17.7 Å². The molecule has 5 nitrogen and oxygen atoms in total. The molecule has 168 valence electrons. The Morgan fingerprint density at radius 3 is 2.32 bits per heavy atom. The number of imide groups is 1. The van der Waals surface area contributed by atoms with Crippen LogP contribution in [-0.2, 0) is 20.8 Å². The van der Waals surface area contributed by atoms with Gasteiger partial charge in [-0.25, -0.2) is 0 Å². The van der Waals surface area contributed by atoms with Gasteiger partial charge in [0.25, 0.3) is 0 Å². The standard InChI is InChI=1S/C23H27Br3N2O3/c1-2-12-10-13(24)7-8-16(12)27-17(29)6-4-3-5-9-28-22(30)18-14-11-15(19(18)23(28)31)21(26)20(14)25/h7-8,10,14-15,18-21H,2-6,9,11H2,1H3,(H,27,29)/t14-,15-,18-,19-,20-,21+/m0/s1. The van der Waals surface area contributed by atoms with Gasteiger partial charge in [0.15, 0.2) is 0 Å². The van der Waals surface area contributed by atoms with E-state index in [0.717, 1.165) is 47.8 Å². The number of amides is 3. The smallest absolute Gasteiger partial charge is 0.233 e. The molecular weight excluding hydrogens is 592 g/mol. The van der Waals surface area contributed by atoms with Gasteiger partial charge in [-0.2, -0.15) is 0 Å².